The van der Waals surface area contributed by atoms with Crippen molar-refractivity contribution in [1.29, 1.82) is 0 Å². The fourth-order valence-corrected chi connectivity index (χ4v) is 2.42. The molecule has 2 rings (SSSR count). The van der Waals surface area contributed by atoms with Gasteiger partial charge in [-0.1, -0.05) is 22.6 Å². The zero-order valence-electron chi connectivity index (χ0n) is 12.6. The van der Waals surface area contributed by atoms with Gasteiger partial charge in [-0.2, -0.15) is 0 Å². The van der Waals surface area contributed by atoms with Gasteiger partial charge < -0.3 is 15.5 Å². The van der Waals surface area contributed by atoms with Crippen molar-refractivity contribution < 1.29 is 19.0 Å². The summed E-state index contributed by atoms with van der Waals surface area (Å²) >= 11 is 1.98. The van der Waals surface area contributed by atoms with Gasteiger partial charge in [-0.05, 0) is 38.8 Å². The van der Waals surface area contributed by atoms with E-state index in [4.69, 9.17) is 10.2 Å². The molecule has 0 aromatic carbocycles. The van der Waals surface area contributed by atoms with Gasteiger partial charge in [0.1, 0.15) is 6.67 Å². The average Bonchev–Trinajstić information content (AvgIpc) is 3.19. The van der Waals surface area contributed by atoms with Crippen molar-refractivity contribution in [3.8, 4) is 0 Å². The van der Waals surface area contributed by atoms with Crippen molar-refractivity contribution in [1.82, 2.24) is 10.2 Å². The molecule has 2 saturated heterocycles. The molecule has 7 heteroatoms. The SMILES string of the molecule is FCCI.OC[C@@H]1CCCN1.OC[C@@H]1CCCN1CCF. The Balaban J connectivity index is 0.000000317. The second kappa shape index (κ2) is 15.3. The summed E-state index contributed by atoms with van der Waals surface area (Å²) in [5.41, 5.74) is 0. The summed E-state index contributed by atoms with van der Waals surface area (Å²) in [6.45, 7) is 2.53. The Morgan fingerprint density at radius 2 is 1.81 bits per heavy atom. The predicted octanol–water partition coefficient (Wildman–Crippen LogP) is 1.53. The maximum absolute atomic E-state index is 11.8. The second-order valence-corrected chi connectivity index (χ2v) is 6.14. The molecule has 2 atom stereocenters. The molecule has 128 valence electrons. The van der Waals surface area contributed by atoms with Crippen LogP contribution in [0.1, 0.15) is 25.7 Å². The number of nitrogens with zero attached hydrogens (tertiary/aromatic N) is 1. The molecule has 0 radical (unpaired) electrons. The van der Waals surface area contributed by atoms with E-state index < -0.39 is 0 Å². The van der Waals surface area contributed by atoms with E-state index in [9.17, 15) is 8.78 Å². The number of nitrogens with one attached hydrogen (secondary N) is 1. The molecule has 21 heavy (non-hydrogen) atoms. The highest BCUT2D eigenvalue weighted by atomic mass is 127. The van der Waals surface area contributed by atoms with Gasteiger partial charge in [0.15, 0.2) is 0 Å². The van der Waals surface area contributed by atoms with Crippen molar-refractivity contribution in [2.45, 2.75) is 37.8 Å². The molecule has 0 saturated carbocycles. The van der Waals surface area contributed by atoms with Gasteiger partial charge in [-0.3, -0.25) is 9.29 Å². The Hall–Kier alpha value is 0.430. The Morgan fingerprint density at radius 3 is 2.19 bits per heavy atom. The van der Waals surface area contributed by atoms with Crippen molar-refractivity contribution in [3.63, 3.8) is 0 Å². The standard InChI is InChI=1S/C7H14FNO.C5H11NO.C2H4FI/c8-3-5-9-4-1-2-7(9)6-10;7-4-5-2-1-3-6-5;3-1-2-4/h7,10H,1-6H2;5-7H,1-4H2;1-2H2/t7-;5-;/m00./s1. The van der Waals surface area contributed by atoms with Crippen molar-refractivity contribution in [3.05, 3.63) is 0 Å². The fraction of sp³-hybridized carbons (Fsp3) is 1.00. The number of alkyl halides is 3. The number of aliphatic hydroxyl groups is 2. The van der Waals surface area contributed by atoms with Crippen LogP contribution in [0, 0.1) is 0 Å². The molecule has 0 unspecified atom stereocenters. The van der Waals surface area contributed by atoms with Gasteiger partial charge in [-0.25, -0.2) is 4.39 Å². The second-order valence-electron chi connectivity index (χ2n) is 5.06. The van der Waals surface area contributed by atoms with Crippen LogP contribution in [0.15, 0.2) is 0 Å². The van der Waals surface area contributed by atoms with Crippen LogP contribution in [0.25, 0.3) is 0 Å². The largest absolute Gasteiger partial charge is 0.395 e. The molecule has 2 aliphatic rings. The number of aliphatic hydroxyl groups excluding tert-OH is 2. The van der Waals surface area contributed by atoms with E-state index in [1.54, 1.807) is 0 Å². The molecule has 4 nitrogen and oxygen atoms in total. The van der Waals surface area contributed by atoms with Gasteiger partial charge in [0.2, 0.25) is 0 Å². The zero-order chi connectivity index (χ0) is 15.9. The molecule has 2 heterocycles. The topological polar surface area (TPSA) is 55.7 Å². The van der Waals surface area contributed by atoms with E-state index in [1.165, 1.54) is 6.42 Å². The number of halogens is 3. The lowest BCUT2D eigenvalue weighted by atomic mass is 10.2. The quantitative estimate of drug-likeness (QED) is 0.465. The third-order valence-electron chi connectivity index (χ3n) is 3.54. The molecule has 0 aliphatic carbocycles. The lowest BCUT2D eigenvalue weighted by Gasteiger charge is -2.20. The van der Waals surface area contributed by atoms with Gasteiger partial charge >= 0.3 is 0 Å². The normalized spacial score (nSPS) is 25.0. The Labute approximate surface area is 140 Å². The molecule has 0 amide bonds. The van der Waals surface area contributed by atoms with Gasteiger partial charge in [0.05, 0.1) is 19.9 Å². The van der Waals surface area contributed by atoms with Gasteiger partial charge in [0.25, 0.3) is 0 Å². The Morgan fingerprint density at radius 1 is 1.10 bits per heavy atom. The van der Waals surface area contributed by atoms with Gasteiger partial charge in [-0.15, -0.1) is 0 Å². The molecule has 0 bridgehead atoms. The zero-order valence-corrected chi connectivity index (χ0v) is 14.8. The van der Waals surface area contributed by atoms with Crippen LogP contribution in [0.2, 0.25) is 0 Å². The predicted molar refractivity (Wildman–Crippen MR) is 90.6 cm³/mol. The summed E-state index contributed by atoms with van der Waals surface area (Å²) in [6.07, 6.45) is 4.50. The molecular formula is C14H29F2IN2O2. The van der Waals surface area contributed by atoms with Crippen molar-refractivity contribution in [2.75, 3.05) is 50.6 Å². The lowest BCUT2D eigenvalue weighted by molar-refractivity contribution is 0.151. The Bertz CT molecular complexity index is 221. The smallest absolute Gasteiger partial charge is 0.102 e. The average molecular weight is 422 g/mol. The molecule has 0 aromatic rings. The lowest BCUT2D eigenvalue weighted by Crippen LogP contribution is -2.33. The third-order valence-corrected chi connectivity index (χ3v) is 3.94. The molecule has 0 spiro atoms. The van der Waals surface area contributed by atoms with Gasteiger partial charge in [0, 0.05) is 23.1 Å². The highest BCUT2D eigenvalue weighted by molar-refractivity contribution is 14.1. The molecular weight excluding hydrogens is 393 g/mol. The Kier molecular flexibility index (Phi) is 15.6. The van der Waals surface area contributed by atoms with Crippen LogP contribution in [0.3, 0.4) is 0 Å². The van der Waals surface area contributed by atoms with E-state index in [0.717, 1.165) is 32.4 Å². The maximum Gasteiger partial charge on any atom is 0.102 e. The van der Waals surface area contributed by atoms with Crippen LogP contribution >= 0.6 is 22.6 Å². The highest BCUT2D eigenvalue weighted by Crippen LogP contribution is 2.15. The maximum atomic E-state index is 11.8. The van der Waals surface area contributed by atoms with Crippen molar-refractivity contribution in [2.24, 2.45) is 0 Å². The summed E-state index contributed by atoms with van der Waals surface area (Å²) in [5, 5.41) is 20.5. The van der Waals surface area contributed by atoms with E-state index >= 15 is 0 Å². The summed E-state index contributed by atoms with van der Waals surface area (Å²) in [7, 11) is 0. The van der Waals surface area contributed by atoms with Crippen molar-refractivity contribution >= 4 is 22.6 Å². The van der Waals surface area contributed by atoms with Crippen LogP contribution < -0.4 is 5.32 Å². The number of hydrogen-bond donors (Lipinski definition) is 3. The van der Waals surface area contributed by atoms with Crippen LogP contribution in [-0.4, -0.2) is 77.8 Å². The van der Waals surface area contributed by atoms with Crippen LogP contribution in [0.5, 0.6) is 0 Å². The number of hydrogen-bond acceptors (Lipinski definition) is 4. The van der Waals surface area contributed by atoms with E-state index in [2.05, 4.69) is 5.32 Å². The fourth-order valence-electron chi connectivity index (χ4n) is 2.42. The van der Waals surface area contributed by atoms with Crippen LogP contribution in [0.4, 0.5) is 8.78 Å². The first-order valence-electron chi connectivity index (χ1n) is 7.60. The minimum atomic E-state index is -0.295. The summed E-state index contributed by atoms with van der Waals surface area (Å²) < 4.78 is 23.2. The van der Waals surface area contributed by atoms with E-state index in [-0.39, 0.29) is 26.0 Å². The first kappa shape index (κ1) is 21.4. The van der Waals surface area contributed by atoms with Crippen LogP contribution in [-0.2, 0) is 0 Å². The molecule has 2 aliphatic heterocycles. The summed E-state index contributed by atoms with van der Waals surface area (Å²) in [6, 6.07) is 0.635. The minimum Gasteiger partial charge on any atom is -0.395 e. The third kappa shape index (κ3) is 10.7. The first-order chi connectivity index (χ1) is 10.2. The summed E-state index contributed by atoms with van der Waals surface area (Å²) in [4.78, 5) is 2.01. The highest BCUT2D eigenvalue weighted by Gasteiger charge is 2.22. The molecule has 2 fully saturated rings. The number of rotatable bonds is 5. The molecule has 3 N–H and O–H groups in total. The van der Waals surface area contributed by atoms with E-state index in [0.29, 0.717) is 23.6 Å². The summed E-state index contributed by atoms with van der Waals surface area (Å²) in [5.74, 6) is 0. The first-order valence-corrected chi connectivity index (χ1v) is 9.13. The monoisotopic (exact) mass is 422 g/mol. The number of likely N-dealkylation sites (tertiary alicyclic amines) is 1. The van der Waals surface area contributed by atoms with E-state index in [1.807, 2.05) is 27.5 Å². The minimum absolute atomic E-state index is 0.181. The molecule has 0 aromatic heterocycles.